The Bertz CT molecular complexity index is 484. The van der Waals surface area contributed by atoms with Gasteiger partial charge in [-0.05, 0) is 19.9 Å². The summed E-state index contributed by atoms with van der Waals surface area (Å²) in [5.41, 5.74) is -0.00213. The highest BCUT2D eigenvalue weighted by atomic mass is 35.5. The van der Waals surface area contributed by atoms with Gasteiger partial charge < -0.3 is 14.9 Å². The second kappa shape index (κ2) is 6.54. The third-order valence-electron chi connectivity index (χ3n) is 2.50. The molecule has 1 rings (SSSR count). The molecule has 0 aliphatic carbocycles. The lowest BCUT2D eigenvalue weighted by molar-refractivity contribution is -0.147. The van der Waals surface area contributed by atoms with Crippen LogP contribution in [0.4, 0.5) is 0 Å². The number of hydrogen-bond acceptors (Lipinski definition) is 4. The molecule has 0 bridgehead atoms. The monoisotopic (exact) mass is 286 g/mol. The molecule has 0 heterocycles. The van der Waals surface area contributed by atoms with E-state index < -0.39 is 23.2 Å². The molecule has 2 atom stereocenters. The average Bonchev–Trinajstić information content (AvgIpc) is 2.37. The van der Waals surface area contributed by atoms with Crippen molar-refractivity contribution in [1.29, 1.82) is 0 Å². The number of alkyl halides is 1. The average molecular weight is 287 g/mol. The number of carboxylic acid groups (broad SMARTS) is 1. The number of Topliss-reactive ketones (excluding diaryl/α,β-unsaturated/α-hetero) is 1. The predicted octanol–water partition coefficient (Wildman–Crippen LogP) is 2.01. The van der Waals surface area contributed by atoms with Gasteiger partial charge in [0, 0.05) is 11.1 Å². The summed E-state index contributed by atoms with van der Waals surface area (Å²) < 4.78 is 5.26. The maximum absolute atomic E-state index is 12.0. The van der Waals surface area contributed by atoms with Gasteiger partial charge in [0.25, 0.3) is 0 Å². The van der Waals surface area contributed by atoms with Gasteiger partial charge in [-0.15, -0.1) is 11.6 Å². The Morgan fingerprint density at radius 3 is 2.53 bits per heavy atom. The van der Waals surface area contributed by atoms with Crippen molar-refractivity contribution in [2.45, 2.75) is 25.3 Å². The summed E-state index contributed by atoms with van der Waals surface area (Å²) in [6.07, 6.45) is -1.84. The van der Waals surface area contributed by atoms with Crippen LogP contribution in [0.25, 0.3) is 0 Å². The van der Waals surface area contributed by atoms with Gasteiger partial charge in [-0.1, -0.05) is 12.1 Å². The Morgan fingerprint density at radius 1 is 1.42 bits per heavy atom. The number of halogens is 1. The number of carbonyl (C=O) groups excluding carboxylic acids is 1. The first kappa shape index (κ1) is 15.5. The summed E-state index contributed by atoms with van der Waals surface area (Å²) in [6, 6.07) is 4.47. The van der Waals surface area contributed by atoms with Gasteiger partial charge in [0.2, 0.25) is 0 Å². The Kier molecular flexibility index (Phi) is 5.32. The standard InChI is InChI=1S/C13H15ClO5/c1-3-19-9-6-4-5-8(11(15)7(2)14)10(9)12(16)13(17)18/h4-7,12,16H,3H2,1-2H3,(H,17,18). The Labute approximate surface area is 115 Å². The van der Waals surface area contributed by atoms with Crippen molar-refractivity contribution in [2.24, 2.45) is 0 Å². The molecule has 0 amide bonds. The highest BCUT2D eigenvalue weighted by Crippen LogP contribution is 2.30. The number of carboxylic acids is 1. The second-order valence-electron chi connectivity index (χ2n) is 3.87. The van der Waals surface area contributed by atoms with E-state index in [-0.39, 0.29) is 23.5 Å². The minimum atomic E-state index is -1.84. The molecule has 1 aromatic rings. The lowest BCUT2D eigenvalue weighted by atomic mass is 9.96. The lowest BCUT2D eigenvalue weighted by Gasteiger charge is -2.17. The summed E-state index contributed by atoms with van der Waals surface area (Å²) >= 11 is 5.73. The number of hydrogen-bond donors (Lipinski definition) is 2. The van der Waals surface area contributed by atoms with Crippen LogP contribution in [0.1, 0.15) is 35.9 Å². The first-order chi connectivity index (χ1) is 8.90. The van der Waals surface area contributed by atoms with E-state index in [0.717, 1.165) is 0 Å². The van der Waals surface area contributed by atoms with E-state index in [4.69, 9.17) is 21.4 Å². The summed E-state index contributed by atoms with van der Waals surface area (Å²) in [4.78, 5) is 22.9. The third-order valence-corrected chi connectivity index (χ3v) is 2.70. The zero-order valence-electron chi connectivity index (χ0n) is 10.6. The van der Waals surface area contributed by atoms with E-state index in [2.05, 4.69) is 0 Å². The Balaban J connectivity index is 3.41. The van der Waals surface area contributed by atoms with E-state index >= 15 is 0 Å². The van der Waals surface area contributed by atoms with Crippen LogP contribution in [0, 0.1) is 0 Å². The molecule has 0 spiro atoms. The zero-order chi connectivity index (χ0) is 14.6. The molecule has 2 unspecified atom stereocenters. The molecule has 6 heteroatoms. The van der Waals surface area contributed by atoms with Crippen LogP contribution in [0.3, 0.4) is 0 Å². The molecule has 0 radical (unpaired) electrons. The van der Waals surface area contributed by atoms with Gasteiger partial charge in [0.05, 0.1) is 12.0 Å². The summed E-state index contributed by atoms with van der Waals surface area (Å²) in [7, 11) is 0. The fourth-order valence-electron chi connectivity index (χ4n) is 1.66. The van der Waals surface area contributed by atoms with E-state index in [9.17, 15) is 14.7 Å². The number of rotatable bonds is 6. The van der Waals surface area contributed by atoms with Crippen LogP contribution in [0.2, 0.25) is 0 Å². The van der Waals surface area contributed by atoms with Gasteiger partial charge in [0.15, 0.2) is 11.9 Å². The highest BCUT2D eigenvalue weighted by Gasteiger charge is 2.28. The normalized spacial score (nSPS) is 13.7. The SMILES string of the molecule is CCOc1cccc(C(=O)C(C)Cl)c1C(O)C(=O)O. The first-order valence-electron chi connectivity index (χ1n) is 5.75. The number of benzene rings is 1. The third kappa shape index (κ3) is 3.45. The smallest absolute Gasteiger partial charge is 0.337 e. The molecule has 0 aliphatic heterocycles. The van der Waals surface area contributed by atoms with Gasteiger partial charge in [-0.3, -0.25) is 4.79 Å². The van der Waals surface area contributed by atoms with Crippen LogP contribution in [-0.2, 0) is 4.79 Å². The first-order valence-corrected chi connectivity index (χ1v) is 6.18. The van der Waals surface area contributed by atoms with Crippen molar-refractivity contribution in [1.82, 2.24) is 0 Å². The molecule has 5 nitrogen and oxygen atoms in total. The van der Waals surface area contributed by atoms with Gasteiger partial charge in [0.1, 0.15) is 5.75 Å². The summed E-state index contributed by atoms with van der Waals surface area (Å²) in [5, 5.41) is 17.8. The molecule has 0 aliphatic rings. The van der Waals surface area contributed by atoms with Gasteiger partial charge >= 0.3 is 5.97 Å². The van der Waals surface area contributed by atoms with Crippen LogP contribution in [0.15, 0.2) is 18.2 Å². The summed E-state index contributed by atoms with van der Waals surface area (Å²) in [6.45, 7) is 3.48. The number of aliphatic carboxylic acids is 1. The largest absolute Gasteiger partial charge is 0.493 e. The molecule has 1 aromatic carbocycles. The number of ether oxygens (including phenoxy) is 1. The number of aliphatic hydroxyl groups excluding tert-OH is 1. The van der Waals surface area contributed by atoms with Gasteiger partial charge in [-0.2, -0.15) is 0 Å². The van der Waals surface area contributed by atoms with Crippen LogP contribution in [-0.4, -0.2) is 33.9 Å². The Morgan fingerprint density at radius 2 is 2.05 bits per heavy atom. The minimum Gasteiger partial charge on any atom is -0.493 e. The van der Waals surface area contributed by atoms with E-state index in [1.165, 1.54) is 19.1 Å². The van der Waals surface area contributed by atoms with Crippen molar-refractivity contribution in [3.63, 3.8) is 0 Å². The van der Waals surface area contributed by atoms with Gasteiger partial charge in [-0.25, -0.2) is 4.79 Å². The molecular weight excluding hydrogens is 272 g/mol. The molecule has 0 fully saturated rings. The van der Waals surface area contributed by atoms with E-state index in [0.29, 0.717) is 0 Å². The molecular formula is C13H15ClO5. The Hall–Kier alpha value is -1.59. The van der Waals surface area contributed by atoms with Crippen molar-refractivity contribution in [3.8, 4) is 5.75 Å². The van der Waals surface area contributed by atoms with E-state index in [1.54, 1.807) is 13.0 Å². The molecule has 0 saturated carbocycles. The van der Waals surface area contributed by atoms with Crippen LogP contribution < -0.4 is 4.74 Å². The fraction of sp³-hybridized carbons (Fsp3) is 0.385. The van der Waals surface area contributed by atoms with E-state index in [1.807, 2.05) is 0 Å². The van der Waals surface area contributed by atoms with Crippen molar-refractivity contribution < 1.29 is 24.5 Å². The number of ketones is 1. The maximum Gasteiger partial charge on any atom is 0.337 e. The second-order valence-corrected chi connectivity index (χ2v) is 4.53. The summed E-state index contributed by atoms with van der Waals surface area (Å²) in [5.74, 6) is -1.75. The lowest BCUT2D eigenvalue weighted by Crippen LogP contribution is -2.20. The topological polar surface area (TPSA) is 83.8 Å². The van der Waals surface area contributed by atoms with Crippen molar-refractivity contribution >= 4 is 23.4 Å². The number of aliphatic hydroxyl groups is 1. The highest BCUT2D eigenvalue weighted by molar-refractivity contribution is 6.33. The van der Waals surface area contributed by atoms with Crippen molar-refractivity contribution in [2.75, 3.05) is 6.61 Å². The zero-order valence-corrected chi connectivity index (χ0v) is 11.3. The molecule has 19 heavy (non-hydrogen) atoms. The molecule has 104 valence electrons. The number of carbonyl (C=O) groups is 2. The molecule has 0 aromatic heterocycles. The molecule has 2 N–H and O–H groups in total. The fourth-order valence-corrected chi connectivity index (χ4v) is 1.78. The quantitative estimate of drug-likeness (QED) is 0.617. The van der Waals surface area contributed by atoms with Crippen LogP contribution in [0.5, 0.6) is 5.75 Å². The molecule has 0 saturated heterocycles. The van der Waals surface area contributed by atoms with Crippen LogP contribution >= 0.6 is 11.6 Å². The predicted molar refractivity (Wildman–Crippen MR) is 69.9 cm³/mol. The van der Waals surface area contributed by atoms with Crippen molar-refractivity contribution in [3.05, 3.63) is 29.3 Å². The maximum atomic E-state index is 12.0. The minimum absolute atomic E-state index is 0.0587.